The smallest absolute Gasteiger partial charge is 0.274 e. The molecule has 1 aromatic heterocycles. The third kappa shape index (κ3) is 4.43. The maximum absolute atomic E-state index is 12.1. The lowest BCUT2D eigenvalue weighted by molar-refractivity contribution is 0.0767. The molecule has 0 spiro atoms. The van der Waals surface area contributed by atoms with Crippen LogP contribution < -0.4 is 4.74 Å². The molecule has 1 heterocycles. The number of amides is 1. The number of rotatable bonds is 5. The molecule has 0 N–H and O–H groups in total. The number of likely N-dealkylation sites (N-methyl/N-ethyl adjacent to an activating group) is 1. The summed E-state index contributed by atoms with van der Waals surface area (Å²) in [7, 11) is 1.69. The van der Waals surface area contributed by atoms with Gasteiger partial charge < -0.3 is 9.64 Å². The third-order valence-electron chi connectivity index (χ3n) is 2.88. The Kier molecular flexibility index (Phi) is 5.11. The van der Waals surface area contributed by atoms with Crippen molar-refractivity contribution < 1.29 is 9.53 Å². The predicted octanol–water partition coefficient (Wildman–Crippen LogP) is 2.59. The van der Waals surface area contributed by atoms with E-state index in [1.807, 2.05) is 31.2 Å². The molecule has 1 amide bonds. The van der Waals surface area contributed by atoms with E-state index in [0.717, 1.165) is 11.3 Å². The Hall–Kier alpha value is -2.14. The van der Waals surface area contributed by atoms with E-state index in [0.29, 0.717) is 13.2 Å². The Balaban J connectivity index is 1.85. The quantitative estimate of drug-likeness (QED) is 0.852. The average molecular weight is 306 g/mol. The fraction of sp³-hybridized carbons (Fsp3) is 0.267. The van der Waals surface area contributed by atoms with Gasteiger partial charge in [-0.2, -0.15) is 0 Å². The van der Waals surface area contributed by atoms with Gasteiger partial charge in [0.2, 0.25) is 0 Å². The van der Waals surface area contributed by atoms with Crippen LogP contribution >= 0.6 is 11.6 Å². The highest BCUT2D eigenvalue weighted by Gasteiger charge is 2.13. The molecule has 6 heteroatoms. The summed E-state index contributed by atoms with van der Waals surface area (Å²) in [5.41, 5.74) is 1.39. The molecule has 1 aromatic carbocycles. The zero-order chi connectivity index (χ0) is 15.2. The molecule has 0 aliphatic rings. The molecule has 0 aliphatic carbocycles. The molecular formula is C15H16ClN3O2. The van der Waals surface area contributed by atoms with E-state index in [-0.39, 0.29) is 16.8 Å². The molecule has 110 valence electrons. The lowest BCUT2D eigenvalue weighted by Gasteiger charge is -2.16. The van der Waals surface area contributed by atoms with Crippen LogP contribution in [0.1, 0.15) is 16.1 Å². The number of aromatic nitrogens is 2. The summed E-state index contributed by atoms with van der Waals surface area (Å²) in [5, 5.41) is 7.68. The fourth-order valence-electron chi connectivity index (χ4n) is 1.73. The van der Waals surface area contributed by atoms with Crippen molar-refractivity contribution in [3.63, 3.8) is 0 Å². The number of aryl methyl sites for hydroxylation is 1. The molecule has 0 fully saturated rings. The molecular weight excluding hydrogens is 290 g/mol. The van der Waals surface area contributed by atoms with Crippen LogP contribution in [-0.2, 0) is 0 Å². The summed E-state index contributed by atoms with van der Waals surface area (Å²) in [6.45, 7) is 2.87. The van der Waals surface area contributed by atoms with Gasteiger partial charge in [0.1, 0.15) is 12.4 Å². The zero-order valence-corrected chi connectivity index (χ0v) is 12.7. The number of hydrogen-bond acceptors (Lipinski definition) is 4. The van der Waals surface area contributed by atoms with Crippen LogP contribution in [0.25, 0.3) is 0 Å². The third-order valence-corrected chi connectivity index (χ3v) is 3.08. The van der Waals surface area contributed by atoms with Crippen molar-refractivity contribution in [3.8, 4) is 5.75 Å². The summed E-state index contributed by atoms with van der Waals surface area (Å²) in [6.07, 6.45) is 0. The van der Waals surface area contributed by atoms with Gasteiger partial charge in [-0.05, 0) is 36.8 Å². The van der Waals surface area contributed by atoms with E-state index in [9.17, 15) is 4.79 Å². The Morgan fingerprint density at radius 1 is 1.29 bits per heavy atom. The molecule has 0 unspecified atom stereocenters. The number of carbonyl (C=O) groups excluding carboxylic acids is 1. The van der Waals surface area contributed by atoms with Gasteiger partial charge in [0, 0.05) is 7.05 Å². The van der Waals surface area contributed by atoms with Gasteiger partial charge in [-0.1, -0.05) is 23.7 Å². The van der Waals surface area contributed by atoms with Gasteiger partial charge in [-0.15, -0.1) is 10.2 Å². The SMILES string of the molecule is Cc1cccc(OCCN(C)C(=O)c2ccc(Cl)nn2)c1. The number of ether oxygens (including phenoxy) is 1. The average Bonchev–Trinajstić information content (AvgIpc) is 2.47. The molecule has 2 aromatic rings. The van der Waals surface area contributed by atoms with Crippen molar-refractivity contribution >= 4 is 17.5 Å². The van der Waals surface area contributed by atoms with Gasteiger partial charge >= 0.3 is 0 Å². The highest BCUT2D eigenvalue weighted by molar-refractivity contribution is 6.29. The lowest BCUT2D eigenvalue weighted by Crippen LogP contribution is -2.31. The second-order valence-corrected chi connectivity index (χ2v) is 5.02. The summed E-state index contributed by atoms with van der Waals surface area (Å²) in [4.78, 5) is 13.6. The van der Waals surface area contributed by atoms with Crippen molar-refractivity contribution in [2.75, 3.05) is 20.2 Å². The molecule has 0 saturated heterocycles. The number of halogens is 1. The van der Waals surface area contributed by atoms with Crippen LogP contribution in [0.4, 0.5) is 0 Å². The predicted molar refractivity (Wildman–Crippen MR) is 80.7 cm³/mol. The first-order chi connectivity index (χ1) is 10.1. The van der Waals surface area contributed by atoms with Crippen molar-refractivity contribution in [2.45, 2.75) is 6.92 Å². The van der Waals surface area contributed by atoms with E-state index in [2.05, 4.69) is 10.2 Å². The number of benzene rings is 1. The minimum absolute atomic E-state index is 0.216. The Bertz CT molecular complexity index is 617. The van der Waals surface area contributed by atoms with Crippen molar-refractivity contribution in [1.29, 1.82) is 0 Å². The number of hydrogen-bond donors (Lipinski definition) is 0. The largest absolute Gasteiger partial charge is 0.492 e. The zero-order valence-electron chi connectivity index (χ0n) is 11.9. The summed E-state index contributed by atoms with van der Waals surface area (Å²) < 4.78 is 5.61. The van der Waals surface area contributed by atoms with E-state index in [1.54, 1.807) is 19.2 Å². The lowest BCUT2D eigenvalue weighted by atomic mass is 10.2. The van der Waals surface area contributed by atoms with Crippen LogP contribution in [-0.4, -0.2) is 41.2 Å². The van der Waals surface area contributed by atoms with Crippen molar-refractivity contribution in [2.24, 2.45) is 0 Å². The summed E-state index contributed by atoms with van der Waals surface area (Å²) in [5.74, 6) is 0.578. The number of carbonyl (C=O) groups is 1. The second-order valence-electron chi connectivity index (χ2n) is 4.63. The minimum Gasteiger partial charge on any atom is -0.492 e. The van der Waals surface area contributed by atoms with Gasteiger partial charge in [-0.3, -0.25) is 4.79 Å². The highest BCUT2D eigenvalue weighted by atomic mass is 35.5. The molecule has 2 rings (SSSR count). The van der Waals surface area contributed by atoms with Crippen LogP contribution in [0.3, 0.4) is 0 Å². The monoisotopic (exact) mass is 305 g/mol. The van der Waals surface area contributed by atoms with E-state index < -0.39 is 0 Å². The van der Waals surface area contributed by atoms with Gasteiger partial charge in [0.25, 0.3) is 5.91 Å². The van der Waals surface area contributed by atoms with Gasteiger partial charge in [0.05, 0.1) is 6.54 Å². The maximum Gasteiger partial charge on any atom is 0.274 e. The Morgan fingerprint density at radius 2 is 2.10 bits per heavy atom. The molecule has 0 atom stereocenters. The standard InChI is InChI=1S/C15H16ClN3O2/c1-11-4-3-5-12(10-11)21-9-8-19(2)15(20)13-6-7-14(16)18-17-13/h3-7,10H,8-9H2,1-2H3. The molecule has 5 nitrogen and oxygen atoms in total. The van der Waals surface area contributed by atoms with Crippen LogP contribution in [0, 0.1) is 6.92 Å². The maximum atomic E-state index is 12.1. The van der Waals surface area contributed by atoms with E-state index >= 15 is 0 Å². The van der Waals surface area contributed by atoms with Gasteiger partial charge in [0.15, 0.2) is 10.8 Å². The molecule has 0 radical (unpaired) electrons. The molecule has 0 saturated carbocycles. The van der Waals surface area contributed by atoms with E-state index in [1.165, 1.54) is 4.90 Å². The van der Waals surface area contributed by atoms with Gasteiger partial charge in [-0.25, -0.2) is 0 Å². The fourth-order valence-corrected chi connectivity index (χ4v) is 1.83. The van der Waals surface area contributed by atoms with Crippen molar-refractivity contribution in [1.82, 2.24) is 15.1 Å². The molecule has 0 bridgehead atoms. The first-order valence-corrected chi connectivity index (χ1v) is 6.88. The molecule has 21 heavy (non-hydrogen) atoms. The second kappa shape index (κ2) is 7.04. The first-order valence-electron chi connectivity index (χ1n) is 6.50. The molecule has 0 aliphatic heterocycles. The van der Waals surface area contributed by atoms with E-state index in [4.69, 9.17) is 16.3 Å². The minimum atomic E-state index is -0.216. The Labute approximate surface area is 128 Å². The van der Waals surface area contributed by atoms with Crippen LogP contribution in [0.2, 0.25) is 5.15 Å². The van der Waals surface area contributed by atoms with Crippen LogP contribution in [0.5, 0.6) is 5.75 Å². The summed E-state index contributed by atoms with van der Waals surface area (Å²) in [6, 6.07) is 10.9. The van der Waals surface area contributed by atoms with Crippen molar-refractivity contribution in [3.05, 3.63) is 52.8 Å². The number of nitrogens with zero attached hydrogens (tertiary/aromatic N) is 3. The summed E-state index contributed by atoms with van der Waals surface area (Å²) >= 11 is 5.64. The van der Waals surface area contributed by atoms with Crippen LogP contribution in [0.15, 0.2) is 36.4 Å². The Morgan fingerprint density at radius 3 is 2.76 bits per heavy atom. The normalized spacial score (nSPS) is 10.2. The highest BCUT2D eigenvalue weighted by Crippen LogP contribution is 2.12. The topological polar surface area (TPSA) is 55.3 Å². The first kappa shape index (κ1) is 15.3.